The van der Waals surface area contributed by atoms with Crippen LogP contribution in [0.5, 0.6) is 5.75 Å². The summed E-state index contributed by atoms with van der Waals surface area (Å²) < 4.78 is 31.9. The third kappa shape index (κ3) is 2.73. The molecule has 2 aromatic rings. The molecule has 1 aliphatic heterocycles. The van der Waals surface area contributed by atoms with Crippen LogP contribution in [0.1, 0.15) is 10.4 Å². The highest BCUT2D eigenvalue weighted by atomic mass is 19.1. The van der Waals surface area contributed by atoms with Crippen molar-refractivity contribution in [1.82, 2.24) is 0 Å². The lowest BCUT2D eigenvalue weighted by Crippen LogP contribution is -2.26. The van der Waals surface area contributed by atoms with E-state index < -0.39 is 23.4 Å². The van der Waals surface area contributed by atoms with Gasteiger partial charge in [0.25, 0.3) is 11.8 Å². The van der Waals surface area contributed by atoms with Crippen molar-refractivity contribution in [3.8, 4) is 5.75 Å². The summed E-state index contributed by atoms with van der Waals surface area (Å²) in [4.78, 5) is 23.3. The number of halogens is 2. The van der Waals surface area contributed by atoms with Crippen LogP contribution in [0.2, 0.25) is 0 Å². The molecule has 1 heterocycles. The van der Waals surface area contributed by atoms with Gasteiger partial charge in [-0.15, -0.1) is 0 Å². The van der Waals surface area contributed by atoms with Gasteiger partial charge in [0.15, 0.2) is 12.4 Å². The Balaban J connectivity index is 1.92. The fourth-order valence-corrected chi connectivity index (χ4v) is 2.08. The molecule has 0 aliphatic carbocycles. The maximum Gasteiger partial charge on any atom is 0.262 e. The third-order valence-corrected chi connectivity index (χ3v) is 3.01. The van der Waals surface area contributed by atoms with E-state index in [2.05, 4.69) is 10.6 Å². The molecule has 2 N–H and O–H groups in total. The van der Waals surface area contributed by atoms with Crippen LogP contribution >= 0.6 is 0 Å². The van der Waals surface area contributed by atoms with Gasteiger partial charge in [-0.1, -0.05) is 6.07 Å². The van der Waals surface area contributed by atoms with Crippen molar-refractivity contribution in [2.75, 3.05) is 17.2 Å². The summed E-state index contributed by atoms with van der Waals surface area (Å²) in [6.07, 6.45) is 0. The van der Waals surface area contributed by atoms with Crippen LogP contribution in [0.4, 0.5) is 20.2 Å². The first kappa shape index (κ1) is 14.0. The zero-order chi connectivity index (χ0) is 15.7. The van der Waals surface area contributed by atoms with Gasteiger partial charge in [0, 0.05) is 17.7 Å². The van der Waals surface area contributed by atoms with Gasteiger partial charge in [0.2, 0.25) is 0 Å². The standard InChI is InChI=1S/C15H10F2N2O3/c16-9-3-1-2-8(4-9)15(21)19-12-6-10(17)5-11-14(12)22-7-13(20)18-11/h1-6H,7H2,(H,18,20)(H,19,21). The van der Waals surface area contributed by atoms with Crippen molar-refractivity contribution < 1.29 is 23.1 Å². The highest BCUT2D eigenvalue weighted by Crippen LogP contribution is 2.36. The summed E-state index contributed by atoms with van der Waals surface area (Å²) in [5, 5.41) is 4.90. The second-order valence-corrected chi connectivity index (χ2v) is 4.63. The van der Waals surface area contributed by atoms with Crippen molar-refractivity contribution in [3.63, 3.8) is 0 Å². The molecule has 2 aromatic carbocycles. The van der Waals surface area contributed by atoms with Crippen LogP contribution in [0.3, 0.4) is 0 Å². The van der Waals surface area contributed by atoms with Crippen molar-refractivity contribution in [2.45, 2.75) is 0 Å². The number of rotatable bonds is 2. The fourth-order valence-electron chi connectivity index (χ4n) is 2.08. The number of carbonyl (C=O) groups is 2. The molecule has 0 atom stereocenters. The molecule has 0 aromatic heterocycles. The molecule has 0 unspecified atom stereocenters. The average Bonchev–Trinajstić information content (AvgIpc) is 2.46. The van der Waals surface area contributed by atoms with E-state index in [1.807, 2.05) is 0 Å². The lowest BCUT2D eigenvalue weighted by molar-refractivity contribution is -0.118. The number of amides is 2. The number of carbonyl (C=O) groups excluding carboxylic acids is 2. The molecule has 2 amide bonds. The van der Waals surface area contributed by atoms with Crippen LogP contribution in [0.15, 0.2) is 36.4 Å². The molecule has 3 rings (SSSR count). The van der Waals surface area contributed by atoms with E-state index in [0.29, 0.717) is 0 Å². The molecule has 5 nitrogen and oxygen atoms in total. The van der Waals surface area contributed by atoms with Crippen molar-refractivity contribution >= 4 is 23.2 Å². The second kappa shape index (κ2) is 5.44. The summed E-state index contributed by atoms with van der Waals surface area (Å²) >= 11 is 0. The number of anilines is 2. The van der Waals surface area contributed by atoms with Crippen molar-refractivity contribution in [1.29, 1.82) is 0 Å². The molecule has 0 saturated heterocycles. The van der Waals surface area contributed by atoms with Gasteiger partial charge in [0.1, 0.15) is 11.6 Å². The quantitative estimate of drug-likeness (QED) is 0.896. The first-order chi connectivity index (χ1) is 10.5. The van der Waals surface area contributed by atoms with Crippen LogP contribution in [0, 0.1) is 11.6 Å². The van der Waals surface area contributed by atoms with Gasteiger partial charge in [-0.2, -0.15) is 0 Å². The minimum atomic E-state index is -0.654. The summed E-state index contributed by atoms with van der Waals surface area (Å²) in [5.74, 6) is -2.09. The van der Waals surface area contributed by atoms with Crippen LogP contribution in [-0.4, -0.2) is 18.4 Å². The first-order valence-corrected chi connectivity index (χ1v) is 6.36. The smallest absolute Gasteiger partial charge is 0.262 e. The van der Waals surface area contributed by atoms with E-state index in [1.54, 1.807) is 0 Å². The first-order valence-electron chi connectivity index (χ1n) is 6.36. The summed E-state index contributed by atoms with van der Waals surface area (Å²) in [6, 6.07) is 7.23. The average molecular weight is 304 g/mol. The van der Waals surface area contributed by atoms with E-state index in [9.17, 15) is 18.4 Å². The van der Waals surface area contributed by atoms with Gasteiger partial charge >= 0.3 is 0 Å². The minimum Gasteiger partial charge on any atom is -0.479 e. The van der Waals surface area contributed by atoms with Crippen LogP contribution in [0.25, 0.3) is 0 Å². The summed E-state index contributed by atoms with van der Waals surface area (Å²) in [5.41, 5.74) is 0.271. The Bertz CT molecular complexity index is 777. The van der Waals surface area contributed by atoms with Crippen molar-refractivity contribution in [2.24, 2.45) is 0 Å². The predicted molar refractivity (Wildman–Crippen MR) is 74.9 cm³/mol. The number of benzene rings is 2. The van der Waals surface area contributed by atoms with E-state index in [0.717, 1.165) is 18.2 Å². The van der Waals surface area contributed by atoms with E-state index in [-0.39, 0.29) is 29.3 Å². The molecule has 0 bridgehead atoms. The van der Waals surface area contributed by atoms with E-state index >= 15 is 0 Å². The Hall–Kier alpha value is -2.96. The Labute approximate surface area is 123 Å². The predicted octanol–water partition coefficient (Wildman–Crippen LogP) is 2.55. The second-order valence-electron chi connectivity index (χ2n) is 4.63. The van der Waals surface area contributed by atoms with Gasteiger partial charge in [-0.25, -0.2) is 8.78 Å². The Morgan fingerprint density at radius 3 is 2.77 bits per heavy atom. The lowest BCUT2D eigenvalue weighted by atomic mass is 10.1. The number of hydrogen-bond acceptors (Lipinski definition) is 3. The van der Waals surface area contributed by atoms with Crippen LogP contribution in [-0.2, 0) is 4.79 Å². The minimum absolute atomic E-state index is 0.0595. The molecule has 1 aliphatic rings. The number of fused-ring (bicyclic) bond motifs is 1. The molecule has 0 spiro atoms. The maximum atomic E-state index is 13.6. The van der Waals surface area contributed by atoms with E-state index in [1.165, 1.54) is 18.2 Å². The molecule has 0 saturated carbocycles. The summed E-state index contributed by atoms with van der Waals surface area (Å²) in [7, 11) is 0. The molecule has 0 fully saturated rings. The molecule has 0 radical (unpaired) electrons. The Kier molecular flexibility index (Phi) is 3.46. The van der Waals surface area contributed by atoms with Crippen LogP contribution < -0.4 is 15.4 Å². The number of hydrogen-bond donors (Lipinski definition) is 2. The number of ether oxygens (including phenoxy) is 1. The molecule has 22 heavy (non-hydrogen) atoms. The normalized spacial score (nSPS) is 12.9. The zero-order valence-corrected chi connectivity index (χ0v) is 11.2. The topological polar surface area (TPSA) is 67.4 Å². The molecular weight excluding hydrogens is 294 g/mol. The monoisotopic (exact) mass is 304 g/mol. The van der Waals surface area contributed by atoms with Gasteiger partial charge < -0.3 is 15.4 Å². The van der Waals surface area contributed by atoms with Gasteiger partial charge in [0.05, 0.1) is 11.4 Å². The van der Waals surface area contributed by atoms with Gasteiger partial charge in [-0.3, -0.25) is 9.59 Å². The third-order valence-electron chi connectivity index (χ3n) is 3.01. The highest BCUT2D eigenvalue weighted by molar-refractivity contribution is 6.06. The molecule has 112 valence electrons. The molecule has 7 heteroatoms. The Morgan fingerprint density at radius 1 is 1.18 bits per heavy atom. The largest absolute Gasteiger partial charge is 0.479 e. The fraction of sp³-hybridized carbons (Fsp3) is 0.0667. The van der Waals surface area contributed by atoms with Crippen molar-refractivity contribution in [3.05, 3.63) is 53.6 Å². The summed E-state index contributed by atoms with van der Waals surface area (Å²) in [6.45, 7) is -0.235. The molecular formula is C15H10F2N2O3. The Morgan fingerprint density at radius 2 is 2.00 bits per heavy atom. The number of nitrogens with one attached hydrogen (secondary N) is 2. The highest BCUT2D eigenvalue weighted by Gasteiger charge is 2.22. The van der Waals surface area contributed by atoms with Gasteiger partial charge in [-0.05, 0) is 18.2 Å². The zero-order valence-electron chi connectivity index (χ0n) is 11.2. The SMILES string of the molecule is O=C1COc2c(cc(F)cc2NC(=O)c2cccc(F)c2)N1. The van der Waals surface area contributed by atoms with E-state index in [4.69, 9.17) is 4.74 Å². The maximum absolute atomic E-state index is 13.6. The lowest BCUT2D eigenvalue weighted by Gasteiger charge is -2.21.